The Bertz CT molecular complexity index is 820. The standard InChI is InChI=1S/C16H13IN2O6/c1-24-14-7-10(6-13(17)16(14)25-9-15(20)21)8-18-11-2-4-12(5-3-11)19(22)23/h2-8H,9H2,1H3,(H,20,21). The minimum absolute atomic E-state index is 0.00454. The molecule has 0 amide bonds. The van der Waals surface area contributed by atoms with Crippen molar-refractivity contribution in [2.45, 2.75) is 0 Å². The average Bonchev–Trinajstić information content (AvgIpc) is 2.58. The van der Waals surface area contributed by atoms with Crippen LogP contribution in [0.4, 0.5) is 11.4 Å². The molecule has 0 atom stereocenters. The van der Waals surface area contributed by atoms with E-state index in [2.05, 4.69) is 4.99 Å². The minimum atomic E-state index is -1.08. The Hall–Kier alpha value is -2.69. The molecule has 130 valence electrons. The first kappa shape index (κ1) is 18.6. The normalized spacial score (nSPS) is 10.6. The number of carbonyl (C=O) groups is 1. The Labute approximate surface area is 156 Å². The zero-order valence-corrected chi connectivity index (χ0v) is 15.2. The molecule has 0 radical (unpaired) electrons. The lowest BCUT2D eigenvalue weighted by molar-refractivity contribution is -0.384. The van der Waals surface area contributed by atoms with Gasteiger partial charge in [0.05, 0.1) is 21.3 Å². The second kappa shape index (κ2) is 8.42. The number of methoxy groups -OCH3 is 1. The number of hydrogen-bond donors (Lipinski definition) is 1. The first-order chi connectivity index (χ1) is 11.9. The molecule has 2 aromatic rings. The first-order valence-corrected chi connectivity index (χ1v) is 7.99. The third-order valence-corrected chi connectivity index (χ3v) is 3.82. The Morgan fingerprint density at radius 3 is 2.60 bits per heavy atom. The molecule has 0 heterocycles. The van der Waals surface area contributed by atoms with Crippen LogP contribution in [0.1, 0.15) is 5.56 Å². The lowest BCUT2D eigenvalue weighted by atomic mass is 10.2. The van der Waals surface area contributed by atoms with Crippen LogP contribution < -0.4 is 9.47 Å². The molecular weight excluding hydrogens is 443 g/mol. The molecule has 2 aromatic carbocycles. The number of halogens is 1. The number of carboxylic acid groups (broad SMARTS) is 1. The summed E-state index contributed by atoms with van der Waals surface area (Å²) >= 11 is 2.01. The van der Waals surface area contributed by atoms with Crippen molar-refractivity contribution in [1.29, 1.82) is 0 Å². The smallest absolute Gasteiger partial charge is 0.341 e. The fraction of sp³-hybridized carbons (Fsp3) is 0.125. The summed E-state index contributed by atoms with van der Waals surface area (Å²) in [6.07, 6.45) is 1.58. The van der Waals surface area contributed by atoms with E-state index in [-0.39, 0.29) is 5.69 Å². The monoisotopic (exact) mass is 456 g/mol. The number of ether oxygens (including phenoxy) is 2. The van der Waals surface area contributed by atoms with Gasteiger partial charge in [-0.05, 0) is 52.4 Å². The number of nitro groups is 1. The number of aliphatic imine (C=N–C) groups is 1. The number of nitrogens with zero attached hydrogens (tertiary/aromatic N) is 2. The zero-order chi connectivity index (χ0) is 18.4. The van der Waals surface area contributed by atoms with Gasteiger partial charge in [0, 0.05) is 18.3 Å². The number of carboxylic acids is 1. The maximum absolute atomic E-state index is 10.6. The maximum Gasteiger partial charge on any atom is 0.341 e. The highest BCUT2D eigenvalue weighted by Gasteiger charge is 2.12. The van der Waals surface area contributed by atoms with Gasteiger partial charge in [0.2, 0.25) is 0 Å². The lowest BCUT2D eigenvalue weighted by Gasteiger charge is -2.12. The fourth-order valence-electron chi connectivity index (χ4n) is 1.90. The Morgan fingerprint density at radius 1 is 1.36 bits per heavy atom. The van der Waals surface area contributed by atoms with Gasteiger partial charge in [-0.2, -0.15) is 0 Å². The molecule has 25 heavy (non-hydrogen) atoms. The molecule has 2 rings (SSSR count). The lowest BCUT2D eigenvalue weighted by Crippen LogP contribution is -2.11. The van der Waals surface area contributed by atoms with Crippen LogP contribution in [0.3, 0.4) is 0 Å². The van der Waals surface area contributed by atoms with E-state index in [1.165, 1.54) is 19.2 Å². The highest BCUT2D eigenvalue weighted by molar-refractivity contribution is 14.1. The van der Waals surface area contributed by atoms with Crippen LogP contribution in [0.5, 0.6) is 11.5 Å². The third-order valence-electron chi connectivity index (χ3n) is 3.01. The van der Waals surface area contributed by atoms with Crippen LogP contribution in [-0.2, 0) is 4.79 Å². The van der Waals surface area contributed by atoms with Gasteiger partial charge in [0.1, 0.15) is 0 Å². The molecule has 0 saturated carbocycles. The van der Waals surface area contributed by atoms with Crippen molar-refractivity contribution in [1.82, 2.24) is 0 Å². The Balaban J connectivity index is 2.23. The highest BCUT2D eigenvalue weighted by Crippen LogP contribution is 2.33. The number of hydrogen-bond acceptors (Lipinski definition) is 6. The van der Waals surface area contributed by atoms with E-state index < -0.39 is 17.5 Å². The molecule has 0 spiro atoms. The van der Waals surface area contributed by atoms with Crippen molar-refractivity contribution in [2.24, 2.45) is 4.99 Å². The zero-order valence-electron chi connectivity index (χ0n) is 13.0. The third kappa shape index (κ3) is 5.14. The van der Waals surface area contributed by atoms with Gasteiger partial charge >= 0.3 is 5.97 Å². The largest absolute Gasteiger partial charge is 0.493 e. The minimum Gasteiger partial charge on any atom is -0.493 e. The topological polar surface area (TPSA) is 111 Å². The molecule has 0 fully saturated rings. The Morgan fingerprint density at radius 2 is 2.04 bits per heavy atom. The van der Waals surface area contributed by atoms with Gasteiger partial charge in [-0.25, -0.2) is 4.79 Å². The van der Waals surface area contributed by atoms with E-state index in [9.17, 15) is 14.9 Å². The summed E-state index contributed by atoms with van der Waals surface area (Å²) in [4.78, 5) is 25.1. The molecule has 0 saturated heterocycles. The van der Waals surface area contributed by atoms with Gasteiger partial charge < -0.3 is 14.6 Å². The van der Waals surface area contributed by atoms with E-state index in [1.54, 1.807) is 30.5 Å². The van der Waals surface area contributed by atoms with Crippen molar-refractivity contribution < 1.29 is 24.3 Å². The van der Waals surface area contributed by atoms with E-state index >= 15 is 0 Å². The van der Waals surface area contributed by atoms with Gasteiger partial charge in [-0.15, -0.1) is 0 Å². The van der Waals surface area contributed by atoms with Gasteiger partial charge in [0.15, 0.2) is 18.1 Å². The Kier molecular flexibility index (Phi) is 6.28. The van der Waals surface area contributed by atoms with Crippen molar-refractivity contribution in [3.05, 3.63) is 55.6 Å². The maximum atomic E-state index is 10.6. The van der Waals surface area contributed by atoms with Crippen LogP contribution in [0.25, 0.3) is 0 Å². The molecular formula is C16H13IN2O6. The SMILES string of the molecule is COc1cc(C=Nc2ccc([N+](=O)[O-])cc2)cc(I)c1OCC(=O)O. The first-order valence-electron chi connectivity index (χ1n) is 6.91. The molecule has 1 N–H and O–H groups in total. The van der Waals surface area contributed by atoms with Crippen molar-refractivity contribution in [3.8, 4) is 11.5 Å². The second-order valence-electron chi connectivity index (χ2n) is 4.75. The van der Waals surface area contributed by atoms with Crippen LogP contribution in [0.15, 0.2) is 41.4 Å². The predicted molar refractivity (Wildman–Crippen MR) is 99.2 cm³/mol. The summed E-state index contributed by atoms with van der Waals surface area (Å²) in [6.45, 7) is -0.470. The quantitative estimate of drug-likeness (QED) is 0.296. The summed E-state index contributed by atoms with van der Waals surface area (Å²) in [6, 6.07) is 9.26. The van der Waals surface area contributed by atoms with E-state index in [0.717, 1.165) is 0 Å². The van der Waals surface area contributed by atoms with E-state index in [1.807, 2.05) is 22.6 Å². The van der Waals surface area contributed by atoms with E-state index in [0.29, 0.717) is 26.3 Å². The molecule has 0 bridgehead atoms. The van der Waals surface area contributed by atoms with E-state index in [4.69, 9.17) is 14.6 Å². The summed E-state index contributed by atoms with van der Waals surface area (Å²) in [5.41, 5.74) is 1.27. The fourth-order valence-corrected chi connectivity index (χ4v) is 2.68. The van der Waals surface area contributed by atoms with Crippen LogP contribution in [0.2, 0.25) is 0 Å². The molecule has 0 unspecified atom stereocenters. The molecule has 0 aromatic heterocycles. The molecule has 0 aliphatic carbocycles. The number of aliphatic carboxylic acids is 1. The van der Waals surface area contributed by atoms with Crippen LogP contribution >= 0.6 is 22.6 Å². The molecule has 8 nitrogen and oxygen atoms in total. The molecule has 9 heteroatoms. The summed E-state index contributed by atoms with van der Waals surface area (Å²) in [5.74, 6) is -0.349. The predicted octanol–water partition coefficient (Wildman–Crippen LogP) is 3.42. The van der Waals surface area contributed by atoms with Gasteiger partial charge in [0.25, 0.3) is 5.69 Å². The second-order valence-corrected chi connectivity index (χ2v) is 5.91. The van der Waals surface area contributed by atoms with Gasteiger partial charge in [-0.3, -0.25) is 15.1 Å². The highest BCUT2D eigenvalue weighted by atomic mass is 127. The van der Waals surface area contributed by atoms with Crippen LogP contribution in [-0.4, -0.2) is 35.9 Å². The summed E-state index contributed by atoms with van der Waals surface area (Å²) in [5, 5.41) is 19.3. The number of benzene rings is 2. The summed E-state index contributed by atoms with van der Waals surface area (Å²) < 4.78 is 11.1. The van der Waals surface area contributed by atoms with Crippen molar-refractivity contribution in [2.75, 3.05) is 13.7 Å². The van der Waals surface area contributed by atoms with Crippen LogP contribution in [0, 0.1) is 13.7 Å². The van der Waals surface area contributed by atoms with Crippen molar-refractivity contribution in [3.63, 3.8) is 0 Å². The van der Waals surface area contributed by atoms with Gasteiger partial charge in [-0.1, -0.05) is 0 Å². The number of nitro benzene ring substituents is 1. The number of non-ortho nitro benzene ring substituents is 1. The number of rotatable bonds is 7. The summed E-state index contributed by atoms with van der Waals surface area (Å²) in [7, 11) is 1.45. The average molecular weight is 456 g/mol. The molecule has 0 aliphatic rings. The molecule has 0 aliphatic heterocycles. The van der Waals surface area contributed by atoms with Crippen molar-refractivity contribution >= 4 is 46.1 Å².